The minimum atomic E-state index is -0.640. The second-order valence-corrected chi connectivity index (χ2v) is 6.95. The summed E-state index contributed by atoms with van der Waals surface area (Å²) < 4.78 is 0. The van der Waals surface area contributed by atoms with Crippen molar-refractivity contribution in [2.75, 3.05) is 32.7 Å². The Labute approximate surface area is 134 Å². The lowest BCUT2D eigenvalue weighted by atomic mass is 9.96. The molecule has 0 aromatic carbocycles. The van der Waals surface area contributed by atoms with E-state index in [2.05, 4.69) is 15.5 Å². The van der Waals surface area contributed by atoms with E-state index in [1.807, 2.05) is 13.8 Å². The molecule has 124 valence electrons. The first-order valence-corrected chi connectivity index (χ1v) is 7.90. The van der Waals surface area contributed by atoms with Crippen LogP contribution in [-0.4, -0.2) is 60.3 Å². The topological polar surface area (TPSA) is 64.6 Å². The van der Waals surface area contributed by atoms with E-state index < -0.39 is 5.60 Å². The fraction of sp³-hybridized carbons (Fsp3) is 0.933. The molecule has 1 amide bonds. The van der Waals surface area contributed by atoms with E-state index in [9.17, 15) is 9.90 Å². The minimum absolute atomic E-state index is 0. The molecule has 0 aliphatic carbocycles. The fourth-order valence-corrected chi connectivity index (χ4v) is 3.29. The molecular weight excluding hydrogens is 290 g/mol. The lowest BCUT2D eigenvalue weighted by Crippen LogP contribution is -2.48. The van der Waals surface area contributed by atoms with E-state index in [-0.39, 0.29) is 24.4 Å². The number of β-amino-alcohol motifs (C(OH)–C–C–N with tert-alkyl or cyclic N) is 1. The first kappa shape index (κ1) is 18.7. The number of rotatable bonds is 5. The van der Waals surface area contributed by atoms with Gasteiger partial charge in [-0.3, -0.25) is 4.79 Å². The molecule has 2 aliphatic rings. The number of carbonyl (C=O) groups excluding carboxylic acids is 1. The minimum Gasteiger partial charge on any atom is -0.389 e. The summed E-state index contributed by atoms with van der Waals surface area (Å²) in [4.78, 5) is 14.3. The Morgan fingerprint density at radius 1 is 1.38 bits per heavy atom. The van der Waals surface area contributed by atoms with Gasteiger partial charge in [0.15, 0.2) is 0 Å². The average molecular weight is 320 g/mol. The van der Waals surface area contributed by atoms with Crippen LogP contribution in [0.15, 0.2) is 0 Å². The molecule has 0 spiro atoms. The molecule has 2 heterocycles. The van der Waals surface area contributed by atoms with Gasteiger partial charge < -0.3 is 20.6 Å². The summed E-state index contributed by atoms with van der Waals surface area (Å²) in [5.41, 5.74) is -0.640. The predicted octanol–water partition coefficient (Wildman–Crippen LogP) is 0.759. The summed E-state index contributed by atoms with van der Waals surface area (Å²) in [6.45, 7) is 8.16. The number of halogens is 1. The number of carbonyl (C=O) groups is 1. The van der Waals surface area contributed by atoms with Gasteiger partial charge in [-0.15, -0.1) is 12.4 Å². The molecule has 0 aromatic heterocycles. The van der Waals surface area contributed by atoms with Crippen LogP contribution in [0.2, 0.25) is 0 Å². The second-order valence-electron chi connectivity index (χ2n) is 6.95. The smallest absolute Gasteiger partial charge is 0.237 e. The highest BCUT2D eigenvalue weighted by atomic mass is 35.5. The van der Waals surface area contributed by atoms with Gasteiger partial charge in [0.2, 0.25) is 5.91 Å². The molecule has 2 fully saturated rings. The highest BCUT2D eigenvalue weighted by Gasteiger charge is 2.26. The van der Waals surface area contributed by atoms with E-state index in [0.29, 0.717) is 12.5 Å². The van der Waals surface area contributed by atoms with Crippen LogP contribution in [0.25, 0.3) is 0 Å². The quantitative estimate of drug-likeness (QED) is 0.700. The van der Waals surface area contributed by atoms with Gasteiger partial charge in [-0.25, -0.2) is 0 Å². The summed E-state index contributed by atoms with van der Waals surface area (Å²) in [5, 5.41) is 16.2. The van der Waals surface area contributed by atoms with Gasteiger partial charge in [0.05, 0.1) is 11.6 Å². The van der Waals surface area contributed by atoms with Crippen molar-refractivity contribution in [3.63, 3.8) is 0 Å². The molecule has 2 saturated heterocycles. The third kappa shape index (κ3) is 6.51. The Bertz CT molecular complexity index is 327. The van der Waals surface area contributed by atoms with Crippen LogP contribution in [0.5, 0.6) is 0 Å². The molecule has 0 bridgehead atoms. The number of likely N-dealkylation sites (tertiary alicyclic amines) is 1. The van der Waals surface area contributed by atoms with Gasteiger partial charge in [0, 0.05) is 19.6 Å². The number of nitrogens with one attached hydrogen (secondary N) is 2. The van der Waals surface area contributed by atoms with Gasteiger partial charge in [0.25, 0.3) is 0 Å². The number of hydrogen-bond acceptors (Lipinski definition) is 4. The van der Waals surface area contributed by atoms with E-state index in [4.69, 9.17) is 0 Å². The molecule has 0 saturated carbocycles. The zero-order valence-electron chi connectivity index (χ0n) is 13.2. The SMILES string of the molecule is CC(C)(O)CN1CCCC(CNC(=O)C2CCCN2)C1.Cl. The Morgan fingerprint density at radius 2 is 2.14 bits per heavy atom. The Morgan fingerprint density at radius 3 is 2.76 bits per heavy atom. The number of amides is 1. The first-order valence-electron chi connectivity index (χ1n) is 7.90. The Hall–Kier alpha value is -0.360. The number of nitrogens with zero attached hydrogens (tertiary/aromatic N) is 1. The molecular formula is C15H30ClN3O2. The van der Waals surface area contributed by atoms with Crippen LogP contribution in [0, 0.1) is 5.92 Å². The standard InChI is InChI=1S/C15H29N3O2.ClH/c1-15(2,20)11-18-8-4-5-12(10-18)9-17-14(19)13-6-3-7-16-13;/h12-13,16,20H,3-11H2,1-2H3,(H,17,19);1H. The molecule has 6 heteroatoms. The Balaban J connectivity index is 0.00000220. The highest BCUT2D eigenvalue weighted by Crippen LogP contribution is 2.18. The lowest BCUT2D eigenvalue weighted by molar-refractivity contribution is -0.123. The Kier molecular flexibility index (Phi) is 7.40. The lowest BCUT2D eigenvalue weighted by Gasteiger charge is -2.36. The molecule has 21 heavy (non-hydrogen) atoms. The van der Waals surface area contributed by atoms with Crippen LogP contribution in [-0.2, 0) is 4.79 Å². The normalized spacial score (nSPS) is 27.2. The van der Waals surface area contributed by atoms with E-state index >= 15 is 0 Å². The maximum absolute atomic E-state index is 12.0. The zero-order valence-corrected chi connectivity index (χ0v) is 14.0. The monoisotopic (exact) mass is 319 g/mol. The van der Waals surface area contributed by atoms with E-state index in [0.717, 1.165) is 45.4 Å². The molecule has 5 nitrogen and oxygen atoms in total. The highest BCUT2D eigenvalue weighted by molar-refractivity contribution is 5.85. The summed E-state index contributed by atoms with van der Waals surface area (Å²) in [5.74, 6) is 0.665. The zero-order chi connectivity index (χ0) is 14.6. The van der Waals surface area contributed by atoms with Crippen LogP contribution < -0.4 is 10.6 Å². The van der Waals surface area contributed by atoms with Crippen molar-refractivity contribution in [3.8, 4) is 0 Å². The predicted molar refractivity (Wildman–Crippen MR) is 86.7 cm³/mol. The molecule has 2 rings (SSSR count). The van der Waals surface area contributed by atoms with Crippen molar-refractivity contribution < 1.29 is 9.90 Å². The third-order valence-corrected chi connectivity index (χ3v) is 4.16. The van der Waals surface area contributed by atoms with Gasteiger partial charge in [0.1, 0.15) is 0 Å². The summed E-state index contributed by atoms with van der Waals surface area (Å²) in [7, 11) is 0. The summed E-state index contributed by atoms with van der Waals surface area (Å²) >= 11 is 0. The third-order valence-electron chi connectivity index (χ3n) is 4.16. The maximum atomic E-state index is 12.0. The van der Waals surface area contributed by atoms with Gasteiger partial charge in [-0.05, 0) is 58.5 Å². The molecule has 2 atom stereocenters. The van der Waals surface area contributed by atoms with Gasteiger partial charge in [-0.2, -0.15) is 0 Å². The molecule has 2 aliphatic heterocycles. The van der Waals surface area contributed by atoms with Gasteiger partial charge >= 0.3 is 0 Å². The van der Waals surface area contributed by atoms with Crippen molar-refractivity contribution in [1.29, 1.82) is 0 Å². The largest absolute Gasteiger partial charge is 0.389 e. The van der Waals surface area contributed by atoms with E-state index in [1.165, 1.54) is 6.42 Å². The van der Waals surface area contributed by atoms with Crippen LogP contribution in [0.4, 0.5) is 0 Å². The molecule has 3 N–H and O–H groups in total. The maximum Gasteiger partial charge on any atom is 0.237 e. The summed E-state index contributed by atoms with van der Waals surface area (Å²) in [6.07, 6.45) is 4.38. The number of piperidine rings is 1. The van der Waals surface area contributed by atoms with Gasteiger partial charge in [-0.1, -0.05) is 0 Å². The van der Waals surface area contributed by atoms with Crippen LogP contribution in [0.1, 0.15) is 39.5 Å². The van der Waals surface area contributed by atoms with E-state index in [1.54, 1.807) is 0 Å². The van der Waals surface area contributed by atoms with Crippen LogP contribution in [0.3, 0.4) is 0 Å². The first-order chi connectivity index (χ1) is 9.44. The summed E-state index contributed by atoms with van der Waals surface area (Å²) in [6, 6.07) is 0.0195. The molecule has 0 radical (unpaired) electrons. The average Bonchev–Trinajstić information content (AvgIpc) is 2.88. The second kappa shape index (κ2) is 8.32. The van der Waals surface area contributed by atoms with Crippen LogP contribution >= 0.6 is 12.4 Å². The van der Waals surface area contributed by atoms with Crippen molar-refractivity contribution >= 4 is 18.3 Å². The number of hydrogen-bond donors (Lipinski definition) is 3. The van der Waals surface area contributed by atoms with Crippen molar-refractivity contribution in [2.24, 2.45) is 5.92 Å². The van der Waals surface area contributed by atoms with Crippen molar-refractivity contribution in [3.05, 3.63) is 0 Å². The van der Waals surface area contributed by atoms with Crippen molar-refractivity contribution in [2.45, 2.75) is 51.2 Å². The fourth-order valence-electron chi connectivity index (χ4n) is 3.29. The number of aliphatic hydroxyl groups is 1. The van der Waals surface area contributed by atoms with Crippen molar-refractivity contribution in [1.82, 2.24) is 15.5 Å². The molecule has 0 aromatic rings. The molecule has 2 unspecified atom stereocenters.